The Kier molecular flexibility index (Phi) is 5.72. The summed E-state index contributed by atoms with van der Waals surface area (Å²) in [7, 11) is 0. The molecule has 0 atom stereocenters. The lowest BCUT2D eigenvalue weighted by atomic mass is 10.2. The van der Waals surface area contributed by atoms with Crippen molar-refractivity contribution in [1.82, 2.24) is 0 Å². The predicted octanol–water partition coefficient (Wildman–Crippen LogP) is 6.87. The second-order valence-corrected chi connectivity index (χ2v) is 6.81. The highest BCUT2D eigenvalue weighted by Crippen LogP contribution is 2.31. The fourth-order valence-corrected chi connectivity index (χ4v) is 3.03. The molecule has 0 aliphatic heterocycles. The predicted molar refractivity (Wildman–Crippen MR) is 108 cm³/mol. The molecule has 0 aliphatic rings. The Morgan fingerprint density at radius 3 is 2.62 bits per heavy atom. The highest BCUT2D eigenvalue weighted by Gasteiger charge is 2.09. The summed E-state index contributed by atoms with van der Waals surface area (Å²) in [4.78, 5) is 12.1. The van der Waals surface area contributed by atoms with Gasteiger partial charge >= 0.3 is 0 Å². The first-order valence-corrected chi connectivity index (χ1v) is 8.87. The average molecular weight is 407 g/mol. The van der Waals surface area contributed by atoms with Gasteiger partial charge in [0.25, 0.3) is 0 Å². The van der Waals surface area contributed by atoms with E-state index in [0.29, 0.717) is 32.3 Å². The van der Waals surface area contributed by atoms with E-state index >= 15 is 0 Å². The van der Waals surface area contributed by atoms with Gasteiger partial charge in [0.2, 0.25) is 5.91 Å². The summed E-state index contributed by atoms with van der Waals surface area (Å²) in [5.41, 5.74) is 2.21. The van der Waals surface area contributed by atoms with Gasteiger partial charge in [-0.05, 0) is 61.0 Å². The molecule has 1 heterocycles. The number of nitrogens with one attached hydrogen (secondary N) is 1. The molecule has 1 aromatic heterocycles. The molecule has 0 unspecified atom stereocenters. The highest BCUT2D eigenvalue weighted by atomic mass is 35.5. The van der Waals surface area contributed by atoms with Crippen LogP contribution in [0.1, 0.15) is 11.3 Å². The van der Waals surface area contributed by atoms with E-state index in [1.807, 2.05) is 6.92 Å². The first-order chi connectivity index (χ1) is 12.4. The van der Waals surface area contributed by atoms with Gasteiger partial charge in [0.15, 0.2) is 0 Å². The van der Waals surface area contributed by atoms with Gasteiger partial charge in [-0.3, -0.25) is 4.79 Å². The quantitative estimate of drug-likeness (QED) is 0.480. The van der Waals surface area contributed by atoms with Crippen LogP contribution in [0.3, 0.4) is 0 Å². The number of anilines is 1. The molecule has 2 aromatic carbocycles. The largest absolute Gasteiger partial charge is 0.457 e. The summed E-state index contributed by atoms with van der Waals surface area (Å²) < 4.78 is 5.72. The maximum atomic E-state index is 12.1. The number of amides is 1. The molecule has 6 heteroatoms. The van der Waals surface area contributed by atoms with Crippen LogP contribution in [0.4, 0.5) is 5.69 Å². The van der Waals surface area contributed by atoms with Crippen LogP contribution < -0.4 is 5.32 Å². The van der Waals surface area contributed by atoms with Crippen LogP contribution in [-0.4, -0.2) is 5.91 Å². The number of benzene rings is 2. The molecule has 0 saturated heterocycles. The van der Waals surface area contributed by atoms with E-state index in [4.69, 9.17) is 39.2 Å². The minimum atomic E-state index is -0.280. The lowest BCUT2D eigenvalue weighted by Gasteiger charge is -2.07. The van der Waals surface area contributed by atoms with Crippen LogP contribution in [-0.2, 0) is 4.79 Å². The number of furan rings is 1. The first-order valence-electron chi connectivity index (χ1n) is 7.73. The standard InChI is InChI=1S/C20H14Cl3NO2/c1-12-16(22)3-2-4-18(12)24-20(25)10-7-14-6-9-19(26-14)15-8-5-13(21)11-17(15)23/h2-11H,1H3,(H,24,25)/b10-7+. The molecule has 0 aliphatic carbocycles. The third-order valence-electron chi connectivity index (χ3n) is 3.75. The van der Waals surface area contributed by atoms with Crippen molar-refractivity contribution in [3.8, 4) is 11.3 Å². The number of hydrogen-bond acceptors (Lipinski definition) is 2. The van der Waals surface area contributed by atoms with E-state index in [2.05, 4.69) is 5.32 Å². The highest BCUT2D eigenvalue weighted by molar-refractivity contribution is 6.36. The Balaban J connectivity index is 1.72. The molecular formula is C20H14Cl3NO2. The average Bonchev–Trinajstić information content (AvgIpc) is 3.06. The smallest absolute Gasteiger partial charge is 0.248 e. The molecule has 1 N–H and O–H groups in total. The van der Waals surface area contributed by atoms with Crippen molar-refractivity contribution in [2.24, 2.45) is 0 Å². The van der Waals surface area contributed by atoms with Crippen molar-refractivity contribution < 1.29 is 9.21 Å². The van der Waals surface area contributed by atoms with Gasteiger partial charge in [-0.1, -0.05) is 40.9 Å². The molecule has 0 fully saturated rings. The Bertz CT molecular complexity index is 992. The third kappa shape index (κ3) is 4.31. The molecule has 132 valence electrons. The first kappa shape index (κ1) is 18.6. The third-order valence-corrected chi connectivity index (χ3v) is 4.71. The molecule has 0 bridgehead atoms. The number of halogens is 3. The Labute approximate surface area is 166 Å². The van der Waals surface area contributed by atoms with Gasteiger partial charge in [-0.15, -0.1) is 0 Å². The molecule has 0 saturated carbocycles. The van der Waals surface area contributed by atoms with E-state index in [9.17, 15) is 4.79 Å². The molecule has 0 spiro atoms. The Morgan fingerprint density at radius 2 is 1.85 bits per heavy atom. The number of hydrogen-bond donors (Lipinski definition) is 1. The summed E-state index contributed by atoms with van der Waals surface area (Å²) in [6.45, 7) is 1.84. The SMILES string of the molecule is Cc1c(Cl)cccc1NC(=O)/C=C/c1ccc(-c2ccc(Cl)cc2Cl)o1. The number of rotatable bonds is 4. The fraction of sp³-hybridized carbons (Fsp3) is 0.0500. The molecule has 3 rings (SSSR count). The molecular weight excluding hydrogens is 393 g/mol. The van der Waals surface area contributed by atoms with Crippen LogP contribution in [0.15, 0.2) is 59.0 Å². The normalized spacial score (nSPS) is 11.1. The van der Waals surface area contributed by atoms with Crippen molar-refractivity contribution in [2.75, 3.05) is 5.32 Å². The Hall–Kier alpha value is -2.20. The van der Waals surface area contributed by atoms with Crippen LogP contribution in [0.5, 0.6) is 0 Å². The van der Waals surface area contributed by atoms with Crippen LogP contribution in [0, 0.1) is 6.92 Å². The Morgan fingerprint density at radius 1 is 1.04 bits per heavy atom. The van der Waals surface area contributed by atoms with Crippen molar-refractivity contribution in [1.29, 1.82) is 0 Å². The summed E-state index contributed by atoms with van der Waals surface area (Å²) in [5, 5.41) is 4.44. The summed E-state index contributed by atoms with van der Waals surface area (Å²) in [6.07, 6.45) is 2.98. The van der Waals surface area contributed by atoms with Crippen LogP contribution in [0.2, 0.25) is 15.1 Å². The maximum absolute atomic E-state index is 12.1. The van der Waals surface area contributed by atoms with Gasteiger partial charge in [0, 0.05) is 27.4 Å². The second kappa shape index (κ2) is 8.00. The van der Waals surface area contributed by atoms with Crippen LogP contribution in [0.25, 0.3) is 17.4 Å². The topological polar surface area (TPSA) is 42.2 Å². The van der Waals surface area contributed by atoms with Crippen molar-refractivity contribution in [3.63, 3.8) is 0 Å². The van der Waals surface area contributed by atoms with Gasteiger partial charge in [-0.2, -0.15) is 0 Å². The van der Waals surface area contributed by atoms with E-state index in [0.717, 1.165) is 11.1 Å². The lowest BCUT2D eigenvalue weighted by molar-refractivity contribution is -0.111. The summed E-state index contributed by atoms with van der Waals surface area (Å²) >= 11 is 18.1. The monoisotopic (exact) mass is 405 g/mol. The zero-order valence-electron chi connectivity index (χ0n) is 13.7. The van der Waals surface area contributed by atoms with Gasteiger partial charge in [0.05, 0.1) is 5.02 Å². The summed E-state index contributed by atoms with van der Waals surface area (Å²) in [5.74, 6) is 0.847. The van der Waals surface area contributed by atoms with Crippen LogP contribution >= 0.6 is 34.8 Å². The minimum absolute atomic E-state index is 0.280. The number of carbonyl (C=O) groups excluding carboxylic acids is 1. The molecule has 3 aromatic rings. The van der Waals surface area contributed by atoms with E-state index in [1.54, 1.807) is 54.6 Å². The maximum Gasteiger partial charge on any atom is 0.248 e. The molecule has 3 nitrogen and oxygen atoms in total. The number of carbonyl (C=O) groups is 1. The molecule has 1 amide bonds. The van der Waals surface area contributed by atoms with Crippen molar-refractivity contribution in [2.45, 2.75) is 6.92 Å². The lowest BCUT2D eigenvalue weighted by Crippen LogP contribution is -2.08. The van der Waals surface area contributed by atoms with Crippen molar-refractivity contribution >= 4 is 52.5 Å². The van der Waals surface area contributed by atoms with Gasteiger partial charge in [-0.25, -0.2) is 0 Å². The zero-order chi connectivity index (χ0) is 18.7. The minimum Gasteiger partial charge on any atom is -0.457 e. The van der Waals surface area contributed by atoms with E-state index in [-0.39, 0.29) is 5.91 Å². The molecule has 26 heavy (non-hydrogen) atoms. The van der Waals surface area contributed by atoms with Gasteiger partial charge < -0.3 is 9.73 Å². The van der Waals surface area contributed by atoms with Crippen molar-refractivity contribution in [3.05, 3.63) is 81.0 Å². The van der Waals surface area contributed by atoms with Gasteiger partial charge in [0.1, 0.15) is 11.5 Å². The zero-order valence-corrected chi connectivity index (χ0v) is 16.0. The van der Waals surface area contributed by atoms with E-state index in [1.165, 1.54) is 6.08 Å². The fourth-order valence-electron chi connectivity index (χ4n) is 2.35. The molecule has 0 radical (unpaired) electrons. The van der Waals surface area contributed by atoms with E-state index < -0.39 is 0 Å². The summed E-state index contributed by atoms with van der Waals surface area (Å²) in [6, 6.07) is 14.1. The second-order valence-electron chi connectivity index (χ2n) is 5.56.